The Morgan fingerprint density at radius 3 is 2.33 bits per heavy atom. The number of rotatable bonds is 6. The molecule has 0 aliphatic heterocycles. The zero-order valence-electron chi connectivity index (χ0n) is 14.9. The molecule has 0 radical (unpaired) electrons. The predicted molar refractivity (Wildman–Crippen MR) is 110 cm³/mol. The van der Waals surface area contributed by atoms with Crippen molar-refractivity contribution in [3.05, 3.63) is 58.4 Å². The lowest BCUT2D eigenvalue weighted by Gasteiger charge is -2.22. The van der Waals surface area contributed by atoms with Crippen molar-refractivity contribution >= 4 is 34.0 Å². The van der Waals surface area contributed by atoms with Crippen LogP contribution in [0.3, 0.4) is 0 Å². The summed E-state index contributed by atoms with van der Waals surface area (Å²) in [5, 5.41) is 11.2. The van der Waals surface area contributed by atoms with Crippen molar-refractivity contribution in [2.75, 3.05) is 19.1 Å². The van der Waals surface area contributed by atoms with Crippen molar-refractivity contribution < 1.29 is 9.47 Å². The van der Waals surface area contributed by atoms with E-state index in [4.69, 9.17) is 32.2 Å². The second-order valence-corrected chi connectivity index (χ2v) is 6.91. The number of hydrogen-bond acceptors (Lipinski definition) is 5. The molecule has 6 nitrogen and oxygen atoms in total. The molecule has 0 unspecified atom stereocenters. The number of nitrogens with two attached hydrogens (primary N) is 1. The molecular weight excluding hydrogens is 384 g/mol. The van der Waals surface area contributed by atoms with Gasteiger partial charge in [-0.2, -0.15) is 0 Å². The number of methoxy groups -OCH3 is 2. The Bertz CT molecular complexity index is 921. The molecule has 27 heavy (non-hydrogen) atoms. The minimum Gasteiger partial charge on any atom is -0.496 e. The molecule has 3 aromatic rings. The first-order valence-corrected chi connectivity index (χ1v) is 9.32. The topological polar surface area (TPSA) is 84.5 Å². The molecule has 0 atom stereocenters. The van der Waals surface area contributed by atoms with E-state index in [1.54, 1.807) is 19.1 Å². The Morgan fingerprint density at radius 2 is 1.78 bits per heavy atom. The van der Waals surface area contributed by atoms with Crippen molar-refractivity contribution in [2.45, 2.75) is 6.54 Å². The lowest BCUT2D eigenvalue weighted by Crippen LogP contribution is -2.36. The van der Waals surface area contributed by atoms with Crippen LogP contribution in [0.2, 0.25) is 5.02 Å². The first-order valence-electron chi connectivity index (χ1n) is 8.06. The van der Waals surface area contributed by atoms with Gasteiger partial charge in [-0.1, -0.05) is 29.8 Å². The summed E-state index contributed by atoms with van der Waals surface area (Å²) in [6.45, 7) is 0.302. The van der Waals surface area contributed by atoms with E-state index in [-0.39, 0.29) is 5.96 Å². The number of anilines is 1. The van der Waals surface area contributed by atoms with Gasteiger partial charge in [-0.15, -0.1) is 11.3 Å². The summed E-state index contributed by atoms with van der Waals surface area (Å²) in [5.41, 5.74) is 8.38. The minimum absolute atomic E-state index is 0.111. The number of guanidine groups is 1. The zero-order chi connectivity index (χ0) is 19.4. The molecule has 0 saturated carbocycles. The van der Waals surface area contributed by atoms with Gasteiger partial charge >= 0.3 is 0 Å². The van der Waals surface area contributed by atoms with Crippen molar-refractivity contribution in [2.24, 2.45) is 5.73 Å². The molecular formula is C19H19ClN4O2S. The number of benzene rings is 2. The average Bonchev–Trinajstić information content (AvgIpc) is 3.15. The quantitative estimate of drug-likeness (QED) is 0.472. The molecule has 0 fully saturated rings. The molecule has 0 spiro atoms. The van der Waals surface area contributed by atoms with E-state index >= 15 is 0 Å². The van der Waals surface area contributed by atoms with Crippen LogP contribution in [0.5, 0.6) is 11.5 Å². The van der Waals surface area contributed by atoms with Crippen LogP contribution >= 0.6 is 22.9 Å². The molecule has 0 amide bonds. The van der Waals surface area contributed by atoms with Gasteiger partial charge in [0.1, 0.15) is 11.5 Å². The number of halogens is 1. The van der Waals surface area contributed by atoms with E-state index in [2.05, 4.69) is 4.98 Å². The van der Waals surface area contributed by atoms with Crippen molar-refractivity contribution in [1.82, 2.24) is 4.98 Å². The fourth-order valence-corrected chi connectivity index (χ4v) is 3.61. The number of hydrogen-bond donors (Lipinski definition) is 2. The van der Waals surface area contributed by atoms with Gasteiger partial charge in [0.25, 0.3) is 0 Å². The predicted octanol–water partition coefficient (Wildman–Crippen LogP) is 4.38. The lowest BCUT2D eigenvalue weighted by molar-refractivity contribution is 0.385. The fraction of sp³-hybridized carbons (Fsp3) is 0.158. The Labute approximate surface area is 166 Å². The second-order valence-electron chi connectivity index (χ2n) is 5.63. The minimum atomic E-state index is -0.111. The van der Waals surface area contributed by atoms with Gasteiger partial charge in [0.2, 0.25) is 0 Å². The van der Waals surface area contributed by atoms with Crippen LogP contribution in [0.1, 0.15) is 5.56 Å². The smallest absolute Gasteiger partial charge is 0.195 e. The summed E-state index contributed by atoms with van der Waals surface area (Å²) in [7, 11) is 3.19. The Morgan fingerprint density at radius 1 is 1.15 bits per heavy atom. The number of nitrogens with zero attached hydrogens (tertiary/aromatic N) is 2. The van der Waals surface area contributed by atoms with Gasteiger partial charge in [0.05, 0.1) is 32.0 Å². The van der Waals surface area contributed by atoms with Gasteiger partial charge in [-0.05, 0) is 24.3 Å². The van der Waals surface area contributed by atoms with Crippen LogP contribution in [0.15, 0.2) is 47.8 Å². The summed E-state index contributed by atoms with van der Waals surface area (Å²) in [4.78, 5) is 6.25. The monoisotopic (exact) mass is 402 g/mol. The third-order valence-corrected chi connectivity index (χ3v) is 5.12. The normalized spacial score (nSPS) is 10.5. The number of ether oxygens (including phenoxy) is 2. The molecule has 2 aromatic carbocycles. The van der Waals surface area contributed by atoms with Crippen LogP contribution in [0, 0.1) is 5.41 Å². The Hall–Kier alpha value is -2.77. The lowest BCUT2D eigenvalue weighted by atomic mass is 10.1. The van der Waals surface area contributed by atoms with Gasteiger partial charge in [-0.25, -0.2) is 4.98 Å². The highest BCUT2D eigenvalue weighted by Gasteiger charge is 2.20. The third-order valence-electron chi connectivity index (χ3n) is 4.00. The molecule has 0 saturated heterocycles. The van der Waals surface area contributed by atoms with Crippen LogP contribution in [-0.2, 0) is 6.54 Å². The summed E-state index contributed by atoms with van der Waals surface area (Å²) < 4.78 is 10.9. The summed E-state index contributed by atoms with van der Waals surface area (Å²) >= 11 is 7.36. The van der Waals surface area contributed by atoms with Gasteiger partial charge in [0, 0.05) is 16.0 Å². The first kappa shape index (κ1) is 19.0. The maximum absolute atomic E-state index is 8.01. The number of aromatic nitrogens is 1. The zero-order valence-corrected chi connectivity index (χ0v) is 16.5. The Kier molecular flexibility index (Phi) is 5.83. The van der Waals surface area contributed by atoms with Crippen molar-refractivity contribution in [3.8, 4) is 22.8 Å². The van der Waals surface area contributed by atoms with Gasteiger partial charge in [0.15, 0.2) is 11.1 Å². The van der Waals surface area contributed by atoms with E-state index in [1.165, 1.54) is 11.3 Å². The molecule has 8 heteroatoms. The van der Waals surface area contributed by atoms with Crippen molar-refractivity contribution in [1.29, 1.82) is 5.41 Å². The van der Waals surface area contributed by atoms with E-state index in [0.717, 1.165) is 16.8 Å². The van der Waals surface area contributed by atoms with E-state index in [9.17, 15) is 0 Å². The number of nitrogens with one attached hydrogen (secondary N) is 1. The highest BCUT2D eigenvalue weighted by atomic mass is 35.5. The van der Waals surface area contributed by atoms with Crippen LogP contribution in [0.25, 0.3) is 11.3 Å². The van der Waals surface area contributed by atoms with E-state index in [0.29, 0.717) is 28.2 Å². The summed E-state index contributed by atoms with van der Waals surface area (Å²) in [6.07, 6.45) is 0. The molecule has 0 aliphatic carbocycles. The maximum atomic E-state index is 8.01. The first-order chi connectivity index (χ1) is 13.0. The standard InChI is InChI=1S/C19H19ClN4O2S/c1-25-16-4-3-5-17(26-2)14(16)10-24(18(21)22)19-23-15(11-27-19)12-6-8-13(20)9-7-12/h3-9,11H,10H2,1-2H3,(H3,21,22). The summed E-state index contributed by atoms with van der Waals surface area (Å²) in [6, 6.07) is 13.0. The van der Waals surface area contributed by atoms with E-state index < -0.39 is 0 Å². The van der Waals surface area contributed by atoms with Crippen LogP contribution < -0.4 is 20.1 Å². The molecule has 1 heterocycles. The van der Waals surface area contributed by atoms with Gasteiger partial charge < -0.3 is 15.2 Å². The SMILES string of the molecule is COc1cccc(OC)c1CN(C(=N)N)c1nc(-c2ccc(Cl)cc2)cs1. The Balaban J connectivity index is 1.94. The largest absolute Gasteiger partial charge is 0.496 e. The highest BCUT2D eigenvalue weighted by Crippen LogP contribution is 2.33. The maximum Gasteiger partial charge on any atom is 0.195 e. The van der Waals surface area contributed by atoms with Crippen molar-refractivity contribution in [3.63, 3.8) is 0 Å². The molecule has 3 rings (SSSR count). The molecule has 0 bridgehead atoms. The molecule has 140 valence electrons. The summed E-state index contributed by atoms with van der Waals surface area (Å²) in [5.74, 6) is 1.21. The molecule has 3 N–H and O–H groups in total. The van der Waals surface area contributed by atoms with E-state index in [1.807, 2.05) is 47.8 Å². The van der Waals surface area contributed by atoms with Gasteiger partial charge in [-0.3, -0.25) is 10.3 Å². The number of thiazole rings is 1. The van der Waals surface area contributed by atoms with Crippen LogP contribution in [-0.4, -0.2) is 25.2 Å². The molecule has 1 aromatic heterocycles. The fourth-order valence-electron chi connectivity index (χ4n) is 2.64. The van der Waals surface area contributed by atoms with Crippen LogP contribution in [0.4, 0.5) is 5.13 Å². The second kappa shape index (κ2) is 8.28. The molecule has 0 aliphatic rings. The highest BCUT2D eigenvalue weighted by molar-refractivity contribution is 7.14. The third kappa shape index (κ3) is 4.15. The average molecular weight is 403 g/mol.